The average Bonchev–Trinajstić information content (AvgIpc) is 2.53. The van der Waals surface area contributed by atoms with Crippen molar-refractivity contribution in [2.75, 3.05) is 33.4 Å². The molecule has 1 saturated heterocycles. The lowest BCUT2D eigenvalue weighted by molar-refractivity contribution is 0.0795. The van der Waals surface area contributed by atoms with Crippen molar-refractivity contribution in [2.45, 2.75) is 44.7 Å². The second-order valence-electron chi connectivity index (χ2n) is 6.39. The Morgan fingerprint density at radius 2 is 2.05 bits per heavy atom. The van der Waals surface area contributed by atoms with Crippen molar-refractivity contribution < 1.29 is 4.74 Å². The van der Waals surface area contributed by atoms with Crippen LogP contribution in [0.4, 0.5) is 0 Å². The van der Waals surface area contributed by atoms with E-state index in [4.69, 9.17) is 4.74 Å². The number of hydrogen-bond donors (Lipinski definition) is 1. The molecule has 21 heavy (non-hydrogen) atoms. The van der Waals surface area contributed by atoms with Gasteiger partial charge in [-0.3, -0.25) is 4.90 Å². The first kappa shape index (κ1) is 16.5. The highest BCUT2D eigenvalue weighted by atomic mass is 16.5. The molecule has 0 aliphatic carbocycles. The summed E-state index contributed by atoms with van der Waals surface area (Å²) in [7, 11) is 1.78. The van der Waals surface area contributed by atoms with Crippen LogP contribution in [0, 0.1) is 0 Å². The molecule has 0 radical (unpaired) electrons. The van der Waals surface area contributed by atoms with Crippen LogP contribution < -0.4 is 5.32 Å². The quantitative estimate of drug-likeness (QED) is 0.780. The maximum Gasteiger partial charge on any atom is 0.0473 e. The van der Waals surface area contributed by atoms with Crippen LogP contribution in [-0.2, 0) is 4.74 Å². The largest absolute Gasteiger partial charge is 0.385 e. The van der Waals surface area contributed by atoms with Gasteiger partial charge in [0.25, 0.3) is 0 Å². The minimum absolute atomic E-state index is 0.243. The van der Waals surface area contributed by atoms with E-state index in [1.807, 2.05) is 0 Å². The van der Waals surface area contributed by atoms with E-state index in [0.29, 0.717) is 6.04 Å². The second kappa shape index (κ2) is 7.92. The molecule has 2 unspecified atom stereocenters. The molecule has 1 aliphatic rings. The van der Waals surface area contributed by atoms with Gasteiger partial charge in [-0.25, -0.2) is 0 Å². The lowest BCUT2D eigenvalue weighted by Crippen LogP contribution is -2.59. The molecule has 1 aliphatic heterocycles. The van der Waals surface area contributed by atoms with Gasteiger partial charge in [-0.15, -0.1) is 0 Å². The SMILES string of the molecule is CCC1(C)CN(CCCCOC)C(c2ccccc2)CN1. The van der Waals surface area contributed by atoms with Gasteiger partial charge in [-0.2, -0.15) is 0 Å². The predicted molar refractivity (Wildman–Crippen MR) is 88.6 cm³/mol. The Kier molecular flexibility index (Phi) is 6.22. The third kappa shape index (κ3) is 4.53. The van der Waals surface area contributed by atoms with Crippen molar-refractivity contribution in [3.05, 3.63) is 35.9 Å². The maximum absolute atomic E-state index is 5.17. The van der Waals surface area contributed by atoms with E-state index in [1.165, 1.54) is 18.4 Å². The van der Waals surface area contributed by atoms with Crippen LogP contribution >= 0.6 is 0 Å². The number of unbranched alkanes of at least 4 members (excludes halogenated alkanes) is 1. The molecule has 2 rings (SSSR count). The molecule has 1 heterocycles. The van der Waals surface area contributed by atoms with E-state index >= 15 is 0 Å². The third-order valence-corrected chi connectivity index (χ3v) is 4.72. The maximum atomic E-state index is 5.17. The van der Waals surface area contributed by atoms with Crippen molar-refractivity contribution in [3.63, 3.8) is 0 Å². The normalized spacial score (nSPS) is 26.9. The zero-order chi connectivity index (χ0) is 15.1. The van der Waals surface area contributed by atoms with Gasteiger partial charge in [0.15, 0.2) is 0 Å². The number of benzene rings is 1. The molecule has 2 atom stereocenters. The van der Waals surface area contributed by atoms with E-state index in [0.717, 1.165) is 32.7 Å². The Hall–Kier alpha value is -0.900. The Balaban J connectivity index is 2.03. The first-order valence-corrected chi connectivity index (χ1v) is 8.21. The van der Waals surface area contributed by atoms with Crippen LogP contribution in [0.15, 0.2) is 30.3 Å². The molecule has 0 bridgehead atoms. The molecule has 3 nitrogen and oxygen atoms in total. The van der Waals surface area contributed by atoms with Gasteiger partial charge >= 0.3 is 0 Å². The topological polar surface area (TPSA) is 24.5 Å². The van der Waals surface area contributed by atoms with Crippen molar-refractivity contribution in [3.8, 4) is 0 Å². The number of rotatable bonds is 7. The monoisotopic (exact) mass is 290 g/mol. The van der Waals surface area contributed by atoms with Gasteiger partial charge in [0.1, 0.15) is 0 Å². The van der Waals surface area contributed by atoms with Crippen LogP contribution in [0.1, 0.15) is 44.7 Å². The summed E-state index contributed by atoms with van der Waals surface area (Å²) in [6.45, 7) is 8.80. The molecule has 0 aromatic heterocycles. The van der Waals surface area contributed by atoms with Crippen LogP contribution in [0.2, 0.25) is 0 Å². The Bertz CT molecular complexity index is 409. The molecule has 118 valence electrons. The standard InChI is InChI=1S/C18H30N2O/c1-4-18(2)15-20(12-8-9-13-21-3)17(14-19-18)16-10-6-5-7-11-16/h5-7,10-11,17,19H,4,8-9,12-15H2,1-3H3. The van der Waals surface area contributed by atoms with Gasteiger partial charge in [-0.05, 0) is 38.3 Å². The summed E-state index contributed by atoms with van der Waals surface area (Å²) < 4.78 is 5.17. The van der Waals surface area contributed by atoms with Gasteiger partial charge in [0.2, 0.25) is 0 Å². The lowest BCUT2D eigenvalue weighted by atomic mass is 9.91. The molecule has 1 N–H and O–H groups in total. The fourth-order valence-electron chi connectivity index (χ4n) is 3.12. The van der Waals surface area contributed by atoms with E-state index in [2.05, 4.69) is 54.4 Å². The molecule has 0 saturated carbocycles. The molecule has 0 spiro atoms. The number of ether oxygens (including phenoxy) is 1. The molecule has 0 amide bonds. The zero-order valence-electron chi connectivity index (χ0n) is 13.8. The van der Waals surface area contributed by atoms with E-state index in [-0.39, 0.29) is 5.54 Å². The summed E-state index contributed by atoms with van der Waals surface area (Å²) in [6.07, 6.45) is 3.52. The fourth-order valence-corrected chi connectivity index (χ4v) is 3.12. The van der Waals surface area contributed by atoms with Crippen LogP contribution in [0.25, 0.3) is 0 Å². The summed E-state index contributed by atoms with van der Waals surface area (Å²) in [5.74, 6) is 0. The molecule has 1 fully saturated rings. The molecule has 1 aromatic rings. The number of hydrogen-bond acceptors (Lipinski definition) is 3. The highest BCUT2D eigenvalue weighted by Gasteiger charge is 2.34. The first-order chi connectivity index (χ1) is 10.2. The van der Waals surface area contributed by atoms with Gasteiger partial charge in [0, 0.05) is 38.4 Å². The number of nitrogens with one attached hydrogen (secondary N) is 1. The first-order valence-electron chi connectivity index (χ1n) is 8.21. The minimum atomic E-state index is 0.243. The summed E-state index contributed by atoms with van der Waals surface area (Å²) in [6, 6.07) is 11.4. The lowest BCUT2D eigenvalue weighted by Gasteiger charge is -2.46. The Labute approximate surface area is 129 Å². The van der Waals surface area contributed by atoms with E-state index in [1.54, 1.807) is 7.11 Å². The summed E-state index contributed by atoms with van der Waals surface area (Å²) in [5, 5.41) is 3.76. The van der Waals surface area contributed by atoms with Crippen molar-refractivity contribution in [1.82, 2.24) is 10.2 Å². The molecular weight excluding hydrogens is 260 g/mol. The number of methoxy groups -OCH3 is 1. The average molecular weight is 290 g/mol. The molecular formula is C18H30N2O. The zero-order valence-corrected chi connectivity index (χ0v) is 13.8. The molecule has 3 heteroatoms. The van der Waals surface area contributed by atoms with Gasteiger partial charge in [0.05, 0.1) is 0 Å². The van der Waals surface area contributed by atoms with Crippen molar-refractivity contribution >= 4 is 0 Å². The summed E-state index contributed by atoms with van der Waals surface area (Å²) in [5.41, 5.74) is 1.67. The Morgan fingerprint density at radius 3 is 2.71 bits per heavy atom. The van der Waals surface area contributed by atoms with Gasteiger partial charge < -0.3 is 10.1 Å². The van der Waals surface area contributed by atoms with Crippen LogP contribution in [-0.4, -0.2) is 43.8 Å². The smallest absolute Gasteiger partial charge is 0.0473 e. The highest BCUT2D eigenvalue weighted by Crippen LogP contribution is 2.28. The second-order valence-corrected chi connectivity index (χ2v) is 6.39. The minimum Gasteiger partial charge on any atom is -0.385 e. The fraction of sp³-hybridized carbons (Fsp3) is 0.667. The summed E-state index contributed by atoms with van der Waals surface area (Å²) >= 11 is 0. The van der Waals surface area contributed by atoms with Crippen LogP contribution in [0.3, 0.4) is 0 Å². The highest BCUT2D eigenvalue weighted by molar-refractivity contribution is 5.20. The number of nitrogens with zero attached hydrogens (tertiary/aromatic N) is 1. The third-order valence-electron chi connectivity index (χ3n) is 4.72. The Morgan fingerprint density at radius 1 is 1.29 bits per heavy atom. The van der Waals surface area contributed by atoms with Crippen molar-refractivity contribution in [1.29, 1.82) is 0 Å². The summed E-state index contributed by atoms with van der Waals surface area (Å²) in [4.78, 5) is 2.66. The van der Waals surface area contributed by atoms with Gasteiger partial charge in [-0.1, -0.05) is 37.3 Å². The number of piperazine rings is 1. The van der Waals surface area contributed by atoms with Crippen LogP contribution in [0.5, 0.6) is 0 Å². The van der Waals surface area contributed by atoms with E-state index < -0.39 is 0 Å². The molecule has 1 aromatic carbocycles. The van der Waals surface area contributed by atoms with Crippen molar-refractivity contribution in [2.24, 2.45) is 0 Å². The van der Waals surface area contributed by atoms with E-state index in [9.17, 15) is 0 Å². The predicted octanol–water partition coefficient (Wildman–Crippen LogP) is 3.23.